The quantitative estimate of drug-likeness (QED) is 0.375. The Morgan fingerprint density at radius 1 is 1.18 bits per heavy atom. The lowest BCUT2D eigenvalue weighted by Crippen LogP contribution is -2.23. The van der Waals surface area contributed by atoms with Gasteiger partial charge in [-0.1, -0.05) is 24.3 Å². The molecular formula is C17H15NO4. The molecule has 0 radical (unpaired) electrons. The summed E-state index contributed by atoms with van der Waals surface area (Å²) < 4.78 is 5.40. The van der Waals surface area contributed by atoms with Crippen molar-refractivity contribution in [1.82, 2.24) is 0 Å². The average Bonchev–Trinajstić information content (AvgIpc) is 2.54. The molecule has 1 atom stereocenters. The first kappa shape index (κ1) is 14.3. The maximum absolute atomic E-state index is 12.4. The molecule has 3 rings (SSSR count). The van der Waals surface area contributed by atoms with Gasteiger partial charge >= 0.3 is 5.97 Å². The van der Waals surface area contributed by atoms with Crippen LogP contribution in [0.1, 0.15) is 29.9 Å². The highest BCUT2D eigenvalue weighted by atomic mass is 16.6. The second kappa shape index (κ2) is 5.97. The van der Waals surface area contributed by atoms with Crippen molar-refractivity contribution in [3.63, 3.8) is 0 Å². The lowest BCUT2D eigenvalue weighted by atomic mass is 9.82. The molecule has 0 aromatic heterocycles. The highest BCUT2D eigenvalue weighted by Gasteiger charge is 2.29. The molecule has 1 unspecified atom stereocenters. The molecule has 22 heavy (non-hydrogen) atoms. The molecule has 5 nitrogen and oxygen atoms in total. The van der Waals surface area contributed by atoms with E-state index in [9.17, 15) is 14.9 Å². The number of carbonyl (C=O) groups excluding carboxylic acids is 1. The van der Waals surface area contributed by atoms with Gasteiger partial charge in [0.1, 0.15) is 5.75 Å². The van der Waals surface area contributed by atoms with Gasteiger partial charge < -0.3 is 4.74 Å². The summed E-state index contributed by atoms with van der Waals surface area (Å²) in [4.78, 5) is 22.9. The molecule has 0 aliphatic heterocycles. The maximum Gasteiger partial charge on any atom is 0.318 e. The van der Waals surface area contributed by atoms with Crippen LogP contribution in [0.5, 0.6) is 5.75 Å². The highest BCUT2D eigenvalue weighted by molar-refractivity contribution is 5.81. The molecule has 112 valence electrons. The van der Waals surface area contributed by atoms with E-state index in [0.29, 0.717) is 12.2 Å². The molecule has 1 aliphatic rings. The zero-order valence-electron chi connectivity index (χ0n) is 11.9. The first-order valence-corrected chi connectivity index (χ1v) is 7.19. The first-order valence-electron chi connectivity index (χ1n) is 7.19. The number of para-hydroxylation sites is 1. The maximum atomic E-state index is 12.4. The number of ether oxygens (including phenoxy) is 1. The summed E-state index contributed by atoms with van der Waals surface area (Å²) in [5, 5.41) is 10.9. The van der Waals surface area contributed by atoms with Gasteiger partial charge in [-0.3, -0.25) is 14.9 Å². The van der Waals surface area contributed by atoms with Crippen molar-refractivity contribution in [3.05, 3.63) is 69.8 Å². The number of carbonyl (C=O) groups is 1. The Morgan fingerprint density at radius 2 is 1.95 bits per heavy atom. The number of esters is 1. The van der Waals surface area contributed by atoms with Gasteiger partial charge in [0, 0.05) is 12.1 Å². The summed E-state index contributed by atoms with van der Waals surface area (Å²) in [6.07, 6.45) is 2.36. The van der Waals surface area contributed by atoms with Gasteiger partial charge in [0.25, 0.3) is 5.69 Å². The SMILES string of the molecule is O=C(Oc1ccccc1)C1CCCc2ccc([N+](=O)[O-])cc21. The van der Waals surface area contributed by atoms with Crippen LogP contribution in [-0.4, -0.2) is 10.9 Å². The van der Waals surface area contributed by atoms with Crippen LogP contribution in [0.25, 0.3) is 0 Å². The fourth-order valence-electron chi connectivity index (χ4n) is 2.82. The molecule has 0 amide bonds. The number of aryl methyl sites for hydroxylation is 1. The number of nitro groups is 1. The number of nitrogens with zero attached hydrogens (tertiary/aromatic N) is 1. The van der Waals surface area contributed by atoms with E-state index in [2.05, 4.69) is 0 Å². The van der Waals surface area contributed by atoms with Crippen molar-refractivity contribution in [2.75, 3.05) is 0 Å². The van der Waals surface area contributed by atoms with Gasteiger partial charge in [-0.15, -0.1) is 0 Å². The molecule has 0 bridgehead atoms. The Kier molecular flexibility index (Phi) is 3.87. The number of rotatable bonds is 3. The molecule has 0 saturated heterocycles. The van der Waals surface area contributed by atoms with Crippen LogP contribution in [0.2, 0.25) is 0 Å². The molecule has 0 saturated carbocycles. The standard InChI is InChI=1S/C17H15NO4/c19-17(22-14-6-2-1-3-7-14)15-8-4-5-12-9-10-13(18(20)21)11-16(12)15/h1-3,6-7,9-11,15H,4-5,8H2. The number of non-ortho nitro benzene ring substituents is 1. The van der Waals surface area contributed by atoms with Gasteiger partial charge in [-0.2, -0.15) is 0 Å². The summed E-state index contributed by atoms with van der Waals surface area (Å²) in [6, 6.07) is 13.6. The molecule has 0 fully saturated rings. The predicted molar refractivity (Wildman–Crippen MR) is 80.9 cm³/mol. The number of nitro benzene ring substituents is 1. The van der Waals surface area contributed by atoms with E-state index in [1.807, 2.05) is 6.07 Å². The largest absolute Gasteiger partial charge is 0.426 e. The van der Waals surface area contributed by atoms with Crippen molar-refractivity contribution >= 4 is 11.7 Å². The van der Waals surface area contributed by atoms with Crippen LogP contribution in [0.15, 0.2) is 48.5 Å². The molecule has 0 heterocycles. The monoisotopic (exact) mass is 297 g/mol. The first-order chi connectivity index (χ1) is 10.6. The molecule has 0 N–H and O–H groups in total. The van der Waals surface area contributed by atoms with E-state index in [4.69, 9.17) is 4.74 Å². The normalized spacial score (nSPS) is 16.6. The molecule has 2 aromatic rings. The number of hydrogen-bond donors (Lipinski definition) is 0. The van der Waals surface area contributed by atoms with Crippen LogP contribution in [-0.2, 0) is 11.2 Å². The Morgan fingerprint density at radius 3 is 2.68 bits per heavy atom. The van der Waals surface area contributed by atoms with Gasteiger partial charge in [-0.05, 0) is 42.5 Å². The van der Waals surface area contributed by atoms with Crippen molar-refractivity contribution < 1.29 is 14.5 Å². The van der Waals surface area contributed by atoms with Crippen molar-refractivity contribution in [2.45, 2.75) is 25.2 Å². The summed E-state index contributed by atoms with van der Waals surface area (Å²) in [5.74, 6) is -0.304. The van der Waals surface area contributed by atoms with Gasteiger partial charge in [0.2, 0.25) is 0 Å². The zero-order valence-corrected chi connectivity index (χ0v) is 11.9. The fraction of sp³-hybridized carbons (Fsp3) is 0.235. The summed E-state index contributed by atoms with van der Waals surface area (Å²) in [7, 11) is 0. The van der Waals surface area contributed by atoms with Crippen molar-refractivity contribution in [2.24, 2.45) is 0 Å². The molecular weight excluding hydrogens is 282 g/mol. The Balaban J connectivity index is 1.88. The number of benzene rings is 2. The Bertz CT molecular complexity index is 712. The second-order valence-electron chi connectivity index (χ2n) is 5.32. The highest BCUT2D eigenvalue weighted by Crippen LogP contribution is 2.35. The van der Waals surface area contributed by atoms with Crippen LogP contribution in [0.3, 0.4) is 0 Å². The smallest absolute Gasteiger partial charge is 0.318 e. The van der Waals surface area contributed by atoms with E-state index in [1.54, 1.807) is 30.3 Å². The van der Waals surface area contributed by atoms with Gasteiger partial charge in [-0.25, -0.2) is 0 Å². The Labute approximate surface area is 127 Å². The average molecular weight is 297 g/mol. The van der Waals surface area contributed by atoms with E-state index in [-0.39, 0.29) is 11.7 Å². The van der Waals surface area contributed by atoms with Crippen LogP contribution in [0, 0.1) is 10.1 Å². The molecule has 5 heteroatoms. The van der Waals surface area contributed by atoms with E-state index >= 15 is 0 Å². The third-order valence-electron chi connectivity index (χ3n) is 3.90. The van der Waals surface area contributed by atoms with Crippen LogP contribution >= 0.6 is 0 Å². The fourth-order valence-corrected chi connectivity index (χ4v) is 2.82. The van der Waals surface area contributed by atoms with Crippen LogP contribution < -0.4 is 4.74 Å². The minimum Gasteiger partial charge on any atom is -0.426 e. The minimum absolute atomic E-state index is 0.0122. The molecule has 0 spiro atoms. The van der Waals surface area contributed by atoms with Gasteiger partial charge in [0.05, 0.1) is 10.8 Å². The third-order valence-corrected chi connectivity index (χ3v) is 3.90. The van der Waals surface area contributed by atoms with Crippen molar-refractivity contribution in [3.8, 4) is 5.75 Å². The third kappa shape index (κ3) is 2.83. The molecule has 2 aromatic carbocycles. The second-order valence-corrected chi connectivity index (χ2v) is 5.32. The predicted octanol–water partition coefficient (Wildman–Crippen LogP) is 3.62. The number of fused-ring (bicyclic) bond motifs is 1. The number of hydrogen-bond acceptors (Lipinski definition) is 4. The Hall–Kier alpha value is -2.69. The lowest BCUT2D eigenvalue weighted by molar-refractivity contribution is -0.384. The van der Waals surface area contributed by atoms with Gasteiger partial charge in [0.15, 0.2) is 0 Å². The lowest BCUT2D eigenvalue weighted by Gasteiger charge is -2.23. The molecule has 1 aliphatic carbocycles. The summed E-state index contributed by atoms with van der Waals surface area (Å²) >= 11 is 0. The minimum atomic E-state index is -0.441. The van der Waals surface area contributed by atoms with Crippen molar-refractivity contribution in [1.29, 1.82) is 0 Å². The van der Waals surface area contributed by atoms with Crippen LogP contribution in [0.4, 0.5) is 5.69 Å². The van der Waals surface area contributed by atoms with E-state index < -0.39 is 10.8 Å². The summed E-state index contributed by atoms with van der Waals surface area (Å²) in [6.45, 7) is 0. The summed E-state index contributed by atoms with van der Waals surface area (Å²) in [5.41, 5.74) is 1.73. The van der Waals surface area contributed by atoms with E-state index in [0.717, 1.165) is 24.0 Å². The zero-order chi connectivity index (χ0) is 15.5. The van der Waals surface area contributed by atoms with E-state index in [1.165, 1.54) is 12.1 Å². The topological polar surface area (TPSA) is 69.4 Å².